The summed E-state index contributed by atoms with van der Waals surface area (Å²) in [5.41, 5.74) is -0.707. The van der Waals surface area contributed by atoms with Gasteiger partial charge in [0.05, 0.1) is 5.01 Å². The van der Waals surface area contributed by atoms with Gasteiger partial charge < -0.3 is 4.90 Å². The lowest BCUT2D eigenvalue weighted by Crippen LogP contribution is -2.50. The highest BCUT2D eigenvalue weighted by atomic mass is 32.1. The first-order chi connectivity index (χ1) is 10.1. The van der Waals surface area contributed by atoms with Crippen molar-refractivity contribution in [1.82, 2.24) is 24.6 Å². The van der Waals surface area contributed by atoms with Crippen LogP contribution in [-0.4, -0.2) is 43.6 Å². The minimum absolute atomic E-state index is 0.0919. The lowest BCUT2D eigenvalue weighted by Gasteiger charge is -2.37. The molecule has 0 radical (unpaired) electrons. The van der Waals surface area contributed by atoms with E-state index in [1.807, 2.05) is 30.3 Å². The first-order valence-electron chi connectivity index (χ1n) is 7.13. The minimum Gasteiger partial charge on any atom is -0.340 e. The van der Waals surface area contributed by atoms with Gasteiger partial charge in [0.1, 0.15) is 18.2 Å². The average Bonchev–Trinajstić information content (AvgIpc) is 3.19. The zero-order valence-electron chi connectivity index (χ0n) is 12.3. The van der Waals surface area contributed by atoms with E-state index in [4.69, 9.17) is 0 Å². The van der Waals surface area contributed by atoms with Crippen molar-refractivity contribution in [2.24, 2.45) is 0 Å². The molecule has 6 nitrogen and oxygen atoms in total. The van der Waals surface area contributed by atoms with E-state index in [1.165, 1.54) is 6.33 Å². The largest absolute Gasteiger partial charge is 0.340 e. The molecule has 1 atom stereocenters. The molecule has 3 heterocycles. The van der Waals surface area contributed by atoms with Crippen LogP contribution in [0, 0.1) is 0 Å². The molecule has 1 amide bonds. The fraction of sp³-hybridized carbons (Fsp3) is 0.571. The molecule has 1 aliphatic rings. The Kier molecular flexibility index (Phi) is 3.75. The SMILES string of the molecule is CC(C)(C(=O)N1CCCC(c2nccs2)C1)n1cncn1. The molecule has 2 aromatic rings. The van der Waals surface area contributed by atoms with Crippen LogP contribution in [0.4, 0.5) is 0 Å². The van der Waals surface area contributed by atoms with Crippen molar-refractivity contribution in [3.05, 3.63) is 29.2 Å². The lowest BCUT2D eigenvalue weighted by molar-refractivity contribution is -0.141. The molecule has 0 bridgehead atoms. The molecule has 7 heteroatoms. The Bertz CT molecular complexity index is 593. The zero-order chi connectivity index (χ0) is 14.9. The molecule has 112 valence electrons. The summed E-state index contributed by atoms with van der Waals surface area (Å²) < 4.78 is 1.63. The Morgan fingerprint density at radius 3 is 3.00 bits per heavy atom. The molecule has 21 heavy (non-hydrogen) atoms. The number of likely N-dealkylation sites (tertiary alicyclic amines) is 1. The monoisotopic (exact) mass is 305 g/mol. The van der Waals surface area contributed by atoms with E-state index in [1.54, 1.807) is 22.3 Å². The maximum absolute atomic E-state index is 12.9. The topological polar surface area (TPSA) is 63.9 Å². The summed E-state index contributed by atoms with van der Waals surface area (Å²) in [6.07, 6.45) is 7.01. The second-order valence-electron chi connectivity index (χ2n) is 5.86. The van der Waals surface area contributed by atoms with Gasteiger partial charge >= 0.3 is 0 Å². The molecule has 1 aliphatic heterocycles. The van der Waals surface area contributed by atoms with Gasteiger partial charge in [-0.2, -0.15) is 5.10 Å². The van der Waals surface area contributed by atoms with Crippen LogP contribution in [0.1, 0.15) is 37.6 Å². The van der Waals surface area contributed by atoms with Crippen molar-refractivity contribution in [1.29, 1.82) is 0 Å². The van der Waals surface area contributed by atoms with E-state index in [9.17, 15) is 4.79 Å². The Morgan fingerprint density at radius 2 is 2.33 bits per heavy atom. The van der Waals surface area contributed by atoms with Crippen molar-refractivity contribution < 1.29 is 4.79 Å². The van der Waals surface area contributed by atoms with E-state index >= 15 is 0 Å². The van der Waals surface area contributed by atoms with E-state index in [0.717, 1.165) is 30.9 Å². The Labute approximate surface area is 127 Å². The van der Waals surface area contributed by atoms with Gasteiger partial charge in [-0.3, -0.25) is 4.79 Å². The molecular formula is C14H19N5OS. The van der Waals surface area contributed by atoms with Gasteiger partial charge in [-0.1, -0.05) is 0 Å². The molecule has 2 aromatic heterocycles. The molecule has 0 spiro atoms. The normalized spacial score (nSPS) is 19.7. The number of thiazole rings is 1. The van der Waals surface area contributed by atoms with Gasteiger partial charge in [-0.25, -0.2) is 14.6 Å². The van der Waals surface area contributed by atoms with Crippen LogP contribution < -0.4 is 0 Å². The van der Waals surface area contributed by atoms with Crippen molar-refractivity contribution in [3.8, 4) is 0 Å². The van der Waals surface area contributed by atoms with Crippen LogP contribution >= 0.6 is 11.3 Å². The minimum atomic E-state index is -0.707. The van der Waals surface area contributed by atoms with Gasteiger partial charge in [0.15, 0.2) is 0 Å². The van der Waals surface area contributed by atoms with Crippen molar-refractivity contribution in [2.45, 2.75) is 38.1 Å². The highest BCUT2D eigenvalue weighted by molar-refractivity contribution is 7.09. The Morgan fingerprint density at radius 1 is 1.48 bits per heavy atom. The Balaban J connectivity index is 1.75. The molecular weight excluding hydrogens is 286 g/mol. The quantitative estimate of drug-likeness (QED) is 0.868. The maximum Gasteiger partial charge on any atom is 0.250 e. The van der Waals surface area contributed by atoms with E-state index in [2.05, 4.69) is 15.1 Å². The van der Waals surface area contributed by atoms with E-state index < -0.39 is 5.54 Å². The van der Waals surface area contributed by atoms with Crippen molar-refractivity contribution in [2.75, 3.05) is 13.1 Å². The first kappa shape index (κ1) is 14.2. The smallest absolute Gasteiger partial charge is 0.250 e. The van der Waals surface area contributed by atoms with Gasteiger partial charge in [-0.05, 0) is 26.7 Å². The summed E-state index contributed by atoms with van der Waals surface area (Å²) in [5, 5.41) is 7.25. The second-order valence-corrected chi connectivity index (χ2v) is 6.79. The maximum atomic E-state index is 12.9. The standard InChI is InChI=1S/C14H19N5OS/c1-14(2,19-10-15-9-17-19)13(20)18-6-3-4-11(8-18)12-16-5-7-21-12/h5,7,9-11H,3-4,6,8H2,1-2H3. The summed E-state index contributed by atoms with van der Waals surface area (Å²) in [7, 11) is 0. The number of hydrogen-bond donors (Lipinski definition) is 0. The molecule has 1 saturated heterocycles. The summed E-state index contributed by atoms with van der Waals surface area (Å²) in [6, 6.07) is 0. The van der Waals surface area contributed by atoms with E-state index in [0.29, 0.717) is 5.92 Å². The third-order valence-electron chi connectivity index (χ3n) is 4.02. The molecule has 1 fully saturated rings. The second kappa shape index (κ2) is 5.55. The van der Waals surface area contributed by atoms with Crippen LogP contribution in [0.5, 0.6) is 0 Å². The van der Waals surface area contributed by atoms with Crippen LogP contribution in [0.25, 0.3) is 0 Å². The highest BCUT2D eigenvalue weighted by Gasteiger charge is 2.37. The molecule has 0 aromatic carbocycles. The van der Waals surface area contributed by atoms with Crippen LogP contribution in [0.2, 0.25) is 0 Å². The lowest BCUT2D eigenvalue weighted by atomic mass is 9.95. The molecule has 0 aliphatic carbocycles. The first-order valence-corrected chi connectivity index (χ1v) is 8.01. The number of amides is 1. The summed E-state index contributed by atoms with van der Waals surface area (Å²) in [5.74, 6) is 0.448. The van der Waals surface area contributed by atoms with Gasteiger partial charge in [-0.15, -0.1) is 11.3 Å². The van der Waals surface area contributed by atoms with Crippen LogP contribution in [0.15, 0.2) is 24.2 Å². The number of rotatable bonds is 3. The van der Waals surface area contributed by atoms with Gasteiger partial charge in [0.25, 0.3) is 0 Å². The Hall–Kier alpha value is -1.76. The van der Waals surface area contributed by atoms with Gasteiger partial charge in [0, 0.05) is 30.6 Å². The number of hydrogen-bond acceptors (Lipinski definition) is 5. The van der Waals surface area contributed by atoms with E-state index in [-0.39, 0.29) is 5.91 Å². The number of aromatic nitrogens is 4. The average molecular weight is 305 g/mol. The summed E-state index contributed by atoms with van der Waals surface area (Å²) >= 11 is 1.67. The van der Waals surface area contributed by atoms with Crippen molar-refractivity contribution >= 4 is 17.2 Å². The third-order valence-corrected chi connectivity index (χ3v) is 4.96. The summed E-state index contributed by atoms with van der Waals surface area (Å²) in [4.78, 5) is 23.1. The third kappa shape index (κ3) is 2.70. The fourth-order valence-corrected chi connectivity index (χ4v) is 3.55. The summed E-state index contributed by atoms with van der Waals surface area (Å²) in [6.45, 7) is 5.32. The number of carbonyl (C=O) groups is 1. The fourth-order valence-electron chi connectivity index (χ4n) is 2.78. The number of nitrogens with zero attached hydrogens (tertiary/aromatic N) is 5. The molecule has 1 unspecified atom stereocenters. The zero-order valence-corrected chi connectivity index (χ0v) is 13.1. The predicted molar refractivity (Wildman–Crippen MR) is 80.0 cm³/mol. The molecule has 3 rings (SSSR count). The van der Waals surface area contributed by atoms with Crippen LogP contribution in [-0.2, 0) is 10.3 Å². The molecule has 0 saturated carbocycles. The highest BCUT2D eigenvalue weighted by Crippen LogP contribution is 2.30. The van der Waals surface area contributed by atoms with Crippen molar-refractivity contribution in [3.63, 3.8) is 0 Å². The van der Waals surface area contributed by atoms with Gasteiger partial charge in [0.2, 0.25) is 5.91 Å². The van der Waals surface area contributed by atoms with Crippen LogP contribution in [0.3, 0.4) is 0 Å². The number of piperidine rings is 1. The number of carbonyl (C=O) groups excluding carboxylic acids is 1. The molecule has 0 N–H and O–H groups in total. The predicted octanol–water partition coefficient (Wildman–Crippen LogP) is 1.88.